The molecule has 1 fully saturated rings. The molecule has 0 aliphatic carbocycles. The van der Waals surface area contributed by atoms with Crippen LogP contribution in [0.5, 0.6) is 0 Å². The van der Waals surface area contributed by atoms with Gasteiger partial charge in [0.2, 0.25) is 0 Å². The van der Waals surface area contributed by atoms with Crippen LogP contribution >= 0.6 is 0 Å². The third-order valence-corrected chi connectivity index (χ3v) is 4.93. The van der Waals surface area contributed by atoms with E-state index in [4.69, 9.17) is 9.31 Å². The molecule has 0 aromatic heterocycles. The van der Waals surface area contributed by atoms with Gasteiger partial charge >= 0.3 is 7.12 Å². The van der Waals surface area contributed by atoms with Crippen molar-refractivity contribution in [2.45, 2.75) is 45.3 Å². The first-order valence-corrected chi connectivity index (χ1v) is 7.86. The fourth-order valence-corrected chi connectivity index (χ4v) is 2.81. The topological polar surface area (TPSA) is 50.7 Å². The van der Waals surface area contributed by atoms with Crippen LogP contribution in [0.3, 0.4) is 0 Å². The molecule has 0 saturated carbocycles. The second-order valence-electron chi connectivity index (χ2n) is 7.06. The highest BCUT2D eigenvalue weighted by Crippen LogP contribution is 2.38. The predicted molar refractivity (Wildman–Crippen MR) is 89.8 cm³/mol. The fourth-order valence-electron chi connectivity index (χ4n) is 2.81. The number of nitrogens with one attached hydrogen (secondary N) is 1. The first kappa shape index (κ1) is 15.6. The SMILES string of the molecule is CC1(C)OB(C(=Cc2ccc3c(c2)CCN3)CO)OC1(C)C. The molecule has 5 heteroatoms. The van der Waals surface area contributed by atoms with E-state index in [1.807, 2.05) is 33.8 Å². The van der Waals surface area contributed by atoms with E-state index in [-0.39, 0.29) is 6.61 Å². The Balaban J connectivity index is 1.86. The number of fused-ring (bicyclic) bond motifs is 1. The van der Waals surface area contributed by atoms with Crippen LogP contribution in [0.25, 0.3) is 6.08 Å². The molecule has 3 rings (SSSR count). The third kappa shape index (κ3) is 2.69. The number of aliphatic hydroxyl groups excluding tert-OH is 1. The fraction of sp³-hybridized carbons (Fsp3) is 0.529. The molecule has 2 heterocycles. The van der Waals surface area contributed by atoms with E-state index in [0.717, 1.165) is 24.0 Å². The van der Waals surface area contributed by atoms with Gasteiger partial charge in [0.15, 0.2) is 0 Å². The minimum absolute atomic E-state index is 0.0772. The smallest absolute Gasteiger partial charge is 0.400 e. The van der Waals surface area contributed by atoms with Crippen molar-refractivity contribution in [1.29, 1.82) is 0 Å². The van der Waals surface area contributed by atoms with Gasteiger partial charge in [0, 0.05) is 12.2 Å². The molecule has 0 spiro atoms. The van der Waals surface area contributed by atoms with E-state index < -0.39 is 18.3 Å². The van der Waals surface area contributed by atoms with Crippen molar-refractivity contribution in [3.63, 3.8) is 0 Å². The first-order chi connectivity index (χ1) is 10.3. The summed E-state index contributed by atoms with van der Waals surface area (Å²) < 4.78 is 12.0. The molecule has 1 aromatic carbocycles. The van der Waals surface area contributed by atoms with Gasteiger partial charge in [0.05, 0.1) is 17.8 Å². The molecular formula is C17H24BNO3. The van der Waals surface area contributed by atoms with Crippen molar-refractivity contribution in [2.24, 2.45) is 0 Å². The van der Waals surface area contributed by atoms with Gasteiger partial charge in [-0.3, -0.25) is 0 Å². The van der Waals surface area contributed by atoms with Crippen LogP contribution in [0.4, 0.5) is 5.69 Å². The zero-order chi connectivity index (χ0) is 16.0. The lowest BCUT2D eigenvalue weighted by Crippen LogP contribution is -2.41. The highest BCUT2D eigenvalue weighted by atomic mass is 16.7. The van der Waals surface area contributed by atoms with Crippen molar-refractivity contribution in [3.8, 4) is 0 Å². The van der Waals surface area contributed by atoms with Gasteiger partial charge in [-0.2, -0.15) is 0 Å². The lowest BCUT2D eigenvalue weighted by atomic mass is 9.77. The molecule has 0 atom stereocenters. The van der Waals surface area contributed by atoms with Crippen molar-refractivity contribution in [2.75, 3.05) is 18.5 Å². The molecule has 2 aliphatic heterocycles. The summed E-state index contributed by atoms with van der Waals surface area (Å²) in [5, 5.41) is 13.1. The van der Waals surface area contributed by atoms with Crippen molar-refractivity contribution in [3.05, 3.63) is 34.8 Å². The van der Waals surface area contributed by atoms with Crippen molar-refractivity contribution in [1.82, 2.24) is 0 Å². The molecule has 2 aliphatic rings. The molecular weight excluding hydrogens is 277 g/mol. The summed E-state index contributed by atoms with van der Waals surface area (Å²) in [7, 11) is -0.499. The highest BCUT2D eigenvalue weighted by molar-refractivity contribution is 6.55. The van der Waals surface area contributed by atoms with Crippen LogP contribution in [-0.4, -0.2) is 36.6 Å². The molecule has 118 valence electrons. The van der Waals surface area contributed by atoms with Crippen molar-refractivity contribution >= 4 is 18.9 Å². The molecule has 2 N–H and O–H groups in total. The van der Waals surface area contributed by atoms with Gasteiger partial charge in [-0.25, -0.2) is 0 Å². The number of hydrogen-bond acceptors (Lipinski definition) is 4. The van der Waals surface area contributed by atoms with E-state index in [2.05, 4.69) is 23.5 Å². The molecule has 4 nitrogen and oxygen atoms in total. The molecule has 22 heavy (non-hydrogen) atoms. The first-order valence-electron chi connectivity index (χ1n) is 7.86. The summed E-state index contributed by atoms with van der Waals surface area (Å²) >= 11 is 0. The Morgan fingerprint density at radius 1 is 1.27 bits per heavy atom. The number of hydrogen-bond donors (Lipinski definition) is 2. The molecule has 0 bridgehead atoms. The monoisotopic (exact) mass is 301 g/mol. The lowest BCUT2D eigenvalue weighted by molar-refractivity contribution is 0.00578. The van der Waals surface area contributed by atoms with Crippen LogP contribution in [0.15, 0.2) is 23.7 Å². The Hall–Kier alpha value is -1.30. The minimum Gasteiger partial charge on any atom is -0.400 e. The predicted octanol–water partition coefficient (Wildman–Crippen LogP) is 2.66. The van der Waals surface area contributed by atoms with Crippen LogP contribution in [0.2, 0.25) is 0 Å². The van der Waals surface area contributed by atoms with Gasteiger partial charge in [-0.1, -0.05) is 12.1 Å². The summed E-state index contributed by atoms with van der Waals surface area (Å²) in [6.45, 7) is 8.98. The summed E-state index contributed by atoms with van der Waals surface area (Å²) in [6, 6.07) is 6.31. The molecule has 1 saturated heterocycles. The van der Waals surface area contributed by atoms with E-state index >= 15 is 0 Å². The van der Waals surface area contributed by atoms with Crippen LogP contribution < -0.4 is 5.32 Å². The second-order valence-corrected chi connectivity index (χ2v) is 7.06. The number of rotatable bonds is 3. The van der Waals surface area contributed by atoms with Crippen LogP contribution in [-0.2, 0) is 15.7 Å². The van der Waals surface area contributed by atoms with Crippen LogP contribution in [0.1, 0.15) is 38.8 Å². The largest absolute Gasteiger partial charge is 0.492 e. The summed E-state index contributed by atoms with van der Waals surface area (Å²) in [5.41, 5.74) is 3.56. The van der Waals surface area contributed by atoms with Gasteiger partial charge in [0.25, 0.3) is 0 Å². The molecule has 0 radical (unpaired) electrons. The Morgan fingerprint density at radius 3 is 2.59 bits per heavy atom. The number of aliphatic hydroxyl groups is 1. The van der Waals surface area contributed by atoms with Gasteiger partial charge < -0.3 is 19.7 Å². The van der Waals surface area contributed by atoms with E-state index in [1.54, 1.807) is 0 Å². The number of anilines is 1. The molecule has 0 amide bonds. The molecule has 0 unspecified atom stereocenters. The van der Waals surface area contributed by atoms with Gasteiger partial charge in [-0.05, 0) is 62.8 Å². The maximum atomic E-state index is 9.74. The Morgan fingerprint density at radius 2 is 1.95 bits per heavy atom. The third-order valence-electron chi connectivity index (χ3n) is 4.93. The summed E-state index contributed by atoms with van der Waals surface area (Å²) in [4.78, 5) is 0. The van der Waals surface area contributed by atoms with E-state index in [0.29, 0.717) is 0 Å². The quantitative estimate of drug-likeness (QED) is 0.843. The zero-order valence-electron chi connectivity index (χ0n) is 13.8. The van der Waals surface area contributed by atoms with Gasteiger partial charge in [-0.15, -0.1) is 0 Å². The summed E-state index contributed by atoms with van der Waals surface area (Å²) in [5.74, 6) is 0. The second kappa shape index (κ2) is 5.41. The normalized spacial score (nSPS) is 22.6. The van der Waals surface area contributed by atoms with E-state index in [9.17, 15) is 5.11 Å². The zero-order valence-corrected chi connectivity index (χ0v) is 13.8. The standard InChI is InChI=1S/C17H24BNO3/c1-16(2)17(3,4)22-18(21-16)14(11-20)10-12-5-6-15-13(9-12)7-8-19-15/h5-6,9-10,19-20H,7-8,11H2,1-4H3. The average Bonchev–Trinajstić information content (AvgIpc) is 2.98. The lowest BCUT2D eigenvalue weighted by Gasteiger charge is -2.32. The van der Waals surface area contributed by atoms with E-state index in [1.165, 1.54) is 11.3 Å². The maximum absolute atomic E-state index is 9.74. The van der Waals surface area contributed by atoms with Crippen molar-refractivity contribution < 1.29 is 14.4 Å². The highest BCUT2D eigenvalue weighted by Gasteiger charge is 2.52. The number of benzene rings is 1. The maximum Gasteiger partial charge on any atom is 0.492 e. The summed E-state index contributed by atoms with van der Waals surface area (Å²) in [6.07, 6.45) is 3.02. The Bertz CT molecular complexity index is 594. The average molecular weight is 301 g/mol. The Kier molecular flexibility index (Phi) is 3.83. The van der Waals surface area contributed by atoms with Gasteiger partial charge in [0.1, 0.15) is 0 Å². The van der Waals surface area contributed by atoms with Crippen LogP contribution in [0, 0.1) is 0 Å². The molecule has 1 aromatic rings. The minimum atomic E-state index is -0.499. The Labute approximate surface area is 132 Å².